The lowest BCUT2D eigenvalue weighted by Crippen LogP contribution is -2.57. The number of aliphatic hydroxyl groups is 1. The van der Waals surface area contributed by atoms with Crippen LogP contribution >= 0.6 is 23.7 Å². The lowest BCUT2D eigenvalue weighted by molar-refractivity contribution is -0.144. The number of halogens is 1. The van der Waals surface area contributed by atoms with Crippen LogP contribution in [0.4, 0.5) is 0 Å². The van der Waals surface area contributed by atoms with Gasteiger partial charge in [-0.3, -0.25) is 19.3 Å². The first-order valence-corrected chi connectivity index (χ1v) is 16.0. The fourth-order valence-electron chi connectivity index (χ4n) is 5.41. The van der Waals surface area contributed by atoms with Crippen LogP contribution in [0.5, 0.6) is 0 Å². The summed E-state index contributed by atoms with van der Waals surface area (Å²) in [5, 5.41) is 19.6. The number of piperazine rings is 1. The van der Waals surface area contributed by atoms with Crippen molar-refractivity contribution in [1.29, 1.82) is 0 Å². The van der Waals surface area contributed by atoms with Crippen molar-refractivity contribution in [2.24, 2.45) is 5.41 Å². The smallest absolute Gasteiger partial charge is 0.246 e. The number of nitrogens with zero attached hydrogens (tertiary/aromatic N) is 3. The number of aryl methyl sites for hydroxylation is 1. The molecule has 2 saturated heterocycles. The van der Waals surface area contributed by atoms with E-state index in [1.165, 1.54) is 4.90 Å². The molecule has 44 heavy (non-hydrogen) atoms. The van der Waals surface area contributed by atoms with Crippen molar-refractivity contribution in [1.82, 2.24) is 30.7 Å². The van der Waals surface area contributed by atoms with E-state index in [9.17, 15) is 19.5 Å². The Bertz CT molecular complexity index is 1230. The van der Waals surface area contributed by atoms with Gasteiger partial charge < -0.3 is 30.7 Å². The first-order valence-electron chi connectivity index (χ1n) is 15.1. The summed E-state index contributed by atoms with van der Waals surface area (Å²) in [7, 11) is 0. The summed E-state index contributed by atoms with van der Waals surface area (Å²) in [5.41, 5.74) is 4.19. The Balaban J connectivity index is 0.00000529. The number of β-amino-alcohol motifs (C(OH)–C–C–N with tert-alkyl or cyclic N) is 1. The Kier molecular flexibility index (Phi) is 13.6. The number of likely N-dealkylation sites (tertiary alicyclic amines) is 1. The van der Waals surface area contributed by atoms with E-state index < -0.39 is 23.6 Å². The minimum absolute atomic E-state index is 0. The van der Waals surface area contributed by atoms with Crippen molar-refractivity contribution < 1.29 is 24.2 Å². The SMILES string of the molecule is Cc1ncsc1-c1ccc(CNC(=O)[C@@H]2C[C@@H](O)CN2C(=O)[C@@H](NC(=O)CCOCCN2CCNCC2)C(C)(C)C)cc1.Cl. The third kappa shape index (κ3) is 9.95. The summed E-state index contributed by atoms with van der Waals surface area (Å²) in [4.78, 5) is 49.0. The second-order valence-electron chi connectivity index (χ2n) is 12.4. The second-order valence-corrected chi connectivity index (χ2v) is 13.3. The summed E-state index contributed by atoms with van der Waals surface area (Å²) in [6.45, 7) is 13.5. The van der Waals surface area contributed by atoms with Gasteiger partial charge in [0.05, 0.1) is 35.4 Å². The first kappa shape index (κ1) is 35.9. The van der Waals surface area contributed by atoms with Crippen molar-refractivity contribution in [3.8, 4) is 10.4 Å². The molecule has 2 fully saturated rings. The molecule has 1 aromatic carbocycles. The van der Waals surface area contributed by atoms with Crippen LogP contribution in [0.3, 0.4) is 0 Å². The molecule has 3 heterocycles. The largest absolute Gasteiger partial charge is 0.391 e. The normalized spacial score (nSPS) is 19.7. The molecule has 0 saturated carbocycles. The van der Waals surface area contributed by atoms with Gasteiger partial charge in [0.15, 0.2) is 0 Å². The number of amides is 3. The topological polar surface area (TPSA) is 136 Å². The van der Waals surface area contributed by atoms with E-state index in [1.54, 1.807) is 11.3 Å². The molecule has 11 nitrogen and oxygen atoms in total. The Morgan fingerprint density at radius 3 is 2.50 bits per heavy atom. The molecule has 0 aliphatic carbocycles. The summed E-state index contributed by atoms with van der Waals surface area (Å²) >= 11 is 1.59. The average Bonchev–Trinajstić information content (AvgIpc) is 3.59. The molecule has 2 aliphatic heterocycles. The van der Waals surface area contributed by atoms with Gasteiger partial charge in [-0.1, -0.05) is 45.0 Å². The number of thiazole rings is 1. The average molecular weight is 651 g/mol. The fraction of sp³-hybridized carbons (Fsp3) is 0.613. The van der Waals surface area contributed by atoms with Gasteiger partial charge in [-0.25, -0.2) is 4.98 Å². The number of ether oxygens (including phenoxy) is 1. The maximum Gasteiger partial charge on any atom is 0.246 e. The van der Waals surface area contributed by atoms with Crippen LogP contribution in [0.1, 0.15) is 44.9 Å². The van der Waals surface area contributed by atoms with Crippen LogP contribution in [0.2, 0.25) is 0 Å². The molecule has 244 valence electrons. The van der Waals surface area contributed by atoms with Crippen LogP contribution < -0.4 is 16.0 Å². The van der Waals surface area contributed by atoms with Crippen molar-refractivity contribution in [3.05, 3.63) is 41.0 Å². The molecule has 0 radical (unpaired) electrons. The molecule has 0 unspecified atom stereocenters. The monoisotopic (exact) mass is 650 g/mol. The Morgan fingerprint density at radius 2 is 1.86 bits per heavy atom. The second kappa shape index (κ2) is 16.6. The van der Waals surface area contributed by atoms with E-state index in [1.807, 2.05) is 57.5 Å². The van der Waals surface area contributed by atoms with Gasteiger partial charge in [-0.15, -0.1) is 23.7 Å². The third-order valence-corrected chi connectivity index (χ3v) is 8.92. The number of rotatable bonds is 12. The van der Waals surface area contributed by atoms with Crippen molar-refractivity contribution >= 4 is 41.5 Å². The zero-order valence-electron chi connectivity index (χ0n) is 26.1. The number of carbonyl (C=O) groups excluding carboxylic acids is 3. The number of hydrogen-bond acceptors (Lipinski definition) is 9. The van der Waals surface area contributed by atoms with Gasteiger partial charge in [0.25, 0.3) is 0 Å². The Morgan fingerprint density at radius 1 is 1.16 bits per heavy atom. The molecule has 3 amide bonds. The highest BCUT2D eigenvalue weighted by Gasteiger charge is 2.44. The number of aromatic nitrogens is 1. The molecule has 2 aromatic rings. The molecule has 13 heteroatoms. The number of hydrogen-bond donors (Lipinski definition) is 4. The highest BCUT2D eigenvalue weighted by molar-refractivity contribution is 7.13. The summed E-state index contributed by atoms with van der Waals surface area (Å²) in [5.74, 6) is -0.987. The summed E-state index contributed by atoms with van der Waals surface area (Å²) < 4.78 is 5.68. The quantitative estimate of drug-likeness (QED) is 0.256. The zero-order chi connectivity index (χ0) is 31.0. The molecule has 4 rings (SSSR count). The molecular formula is C31H47ClN6O5S. The molecule has 2 aliphatic rings. The van der Waals surface area contributed by atoms with Crippen LogP contribution in [0, 0.1) is 12.3 Å². The molecule has 0 spiro atoms. The van der Waals surface area contributed by atoms with Crippen molar-refractivity contribution in [2.45, 2.75) is 65.3 Å². The first-order chi connectivity index (χ1) is 20.5. The van der Waals surface area contributed by atoms with Gasteiger partial charge in [-0.2, -0.15) is 0 Å². The summed E-state index contributed by atoms with van der Waals surface area (Å²) in [6.07, 6.45) is -0.538. The number of aliphatic hydroxyl groups excluding tert-OH is 1. The van der Waals surface area contributed by atoms with Crippen LogP contribution in [-0.4, -0.2) is 108 Å². The number of nitrogens with one attached hydrogen (secondary N) is 3. The zero-order valence-corrected chi connectivity index (χ0v) is 27.8. The highest BCUT2D eigenvalue weighted by atomic mass is 35.5. The number of benzene rings is 1. The standard InChI is InChI=1S/C31H46N6O5S.ClH/c1-21-27(43-20-34-21)23-7-5-22(6-8-23)18-33-29(40)25-17-24(38)19-37(25)30(41)28(31(2,3)4)35-26(39)9-15-42-16-14-36-12-10-32-11-13-36;/h5-8,20,24-25,28,32,38H,9-19H2,1-4H3,(H,33,40)(H,35,39);1H/t24-,25+,28-;/m1./s1. The molecule has 0 bridgehead atoms. The van der Waals surface area contributed by atoms with Crippen LogP contribution in [0.15, 0.2) is 29.8 Å². The molecule has 1 aromatic heterocycles. The van der Waals surface area contributed by atoms with Crippen molar-refractivity contribution in [2.75, 3.05) is 52.5 Å². The fourth-order valence-corrected chi connectivity index (χ4v) is 6.22. The van der Waals surface area contributed by atoms with Crippen LogP contribution in [-0.2, 0) is 25.7 Å². The lowest BCUT2D eigenvalue weighted by atomic mass is 9.85. The van der Waals surface area contributed by atoms with E-state index in [2.05, 4.69) is 25.8 Å². The van der Waals surface area contributed by atoms with Crippen molar-refractivity contribution in [3.63, 3.8) is 0 Å². The van der Waals surface area contributed by atoms with Gasteiger partial charge in [0.2, 0.25) is 17.7 Å². The molecule has 3 atom stereocenters. The van der Waals surface area contributed by atoms with Gasteiger partial charge in [-0.05, 0) is 23.5 Å². The van der Waals surface area contributed by atoms with Gasteiger partial charge in [0.1, 0.15) is 12.1 Å². The van der Waals surface area contributed by atoms with Crippen LogP contribution in [0.25, 0.3) is 10.4 Å². The van der Waals surface area contributed by atoms with E-state index in [-0.39, 0.29) is 56.1 Å². The van der Waals surface area contributed by atoms with E-state index in [0.717, 1.165) is 54.4 Å². The minimum Gasteiger partial charge on any atom is -0.391 e. The predicted molar refractivity (Wildman–Crippen MR) is 174 cm³/mol. The lowest BCUT2D eigenvalue weighted by Gasteiger charge is -2.35. The van der Waals surface area contributed by atoms with E-state index >= 15 is 0 Å². The van der Waals surface area contributed by atoms with Gasteiger partial charge >= 0.3 is 0 Å². The molecule has 4 N–H and O–H groups in total. The summed E-state index contributed by atoms with van der Waals surface area (Å²) in [6, 6.07) is 6.25. The van der Waals surface area contributed by atoms with E-state index in [0.29, 0.717) is 13.2 Å². The Hall–Kier alpha value is -2.61. The minimum atomic E-state index is -0.857. The van der Waals surface area contributed by atoms with E-state index in [4.69, 9.17) is 4.74 Å². The number of carbonyl (C=O) groups is 3. The maximum absolute atomic E-state index is 13.8. The predicted octanol–water partition coefficient (Wildman–Crippen LogP) is 1.96. The third-order valence-electron chi connectivity index (χ3n) is 7.95. The Labute approximate surface area is 270 Å². The van der Waals surface area contributed by atoms with Gasteiger partial charge in [0, 0.05) is 58.7 Å². The molecular weight excluding hydrogens is 604 g/mol. The highest BCUT2D eigenvalue weighted by Crippen LogP contribution is 2.28. The maximum atomic E-state index is 13.8.